The molecule has 3 aliphatic rings. The van der Waals surface area contributed by atoms with Gasteiger partial charge in [0.1, 0.15) is 17.6 Å². The van der Waals surface area contributed by atoms with Gasteiger partial charge in [0.05, 0.1) is 11.9 Å². The summed E-state index contributed by atoms with van der Waals surface area (Å²) in [5, 5.41) is 17.1. The van der Waals surface area contributed by atoms with Gasteiger partial charge in [-0.3, -0.25) is 19.4 Å². The minimum absolute atomic E-state index is 0.0132. The molecule has 41 heavy (non-hydrogen) atoms. The number of carbonyl (C=O) groups excluding carboxylic acids is 3. The predicted molar refractivity (Wildman–Crippen MR) is 151 cm³/mol. The summed E-state index contributed by atoms with van der Waals surface area (Å²) >= 11 is 0. The van der Waals surface area contributed by atoms with Gasteiger partial charge in [-0.05, 0) is 88.6 Å². The third-order valence-electron chi connectivity index (χ3n) is 8.53. The van der Waals surface area contributed by atoms with Gasteiger partial charge in [0.2, 0.25) is 11.9 Å². The van der Waals surface area contributed by atoms with Crippen molar-refractivity contribution in [2.75, 3.05) is 18.4 Å². The maximum atomic E-state index is 15.1. The fourth-order valence-corrected chi connectivity index (χ4v) is 6.25. The molecule has 4 heterocycles. The van der Waals surface area contributed by atoms with Crippen LogP contribution in [0, 0.1) is 43.5 Å². The van der Waals surface area contributed by atoms with E-state index in [1.165, 1.54) is 0 Å². The van der Waals surface area contributed by atoms with Crippen LogP contribution in [-0.2, 0) is 16.1 Å². The number of halogens is 1. The molecule has 2 aliphatic carbocycles. The zero-order chi connectivity index (χ0) is 28.7. The molecule has 0 radical (unpaired) electrons. The highest BCUT2D eigenvalue weighted by Crippen LogP contribution is 2.51. The second-order valence-corrected chi connectivity index (χ2v) is 11.7. The first-order valence-corrected chi connectivity index (χ1v) is 14.3. The standard InChI is InChI=1S/C28H34BFN8O3/c1-15-23(16(2)36-35-15)20-7-8-22(32-26(20)30)33-28(41)25(24(18-3-4-18)19-5-6-19)34-27(40)21-9-10-31-38(21)13-17-11-37(12-17)29-14-39/h7-10,14,17-19,24-25,29H,3-6,11-13H2,1-2H3,(H,34,40)(H,35,36)(H,32,33,41)/t25-/m0/s1. The number of aromatic nitrogens is 5. The van der Waals surface area contributed by atoms with E-state index in [1.54, 1.807) is 36.0 Å². The molecule has 2 saturated carbocycles. The number of pyridine rings is 1. The normalized spacial score (nSPS) is 18.1. The van der Waals surface area contributed by atoms with Gasteiger partial charge in [-0.15, -0.1) is 0 Å². The fourth-order valence-electron chi connectivity index (χ4n) is 6.25. The van der Waals surface area contributed by atoms with E-state index in [4.69, 9.17) is 0 Å². The number of rotatable bonds is 12. The lowest BCUT2D eigenvalue weighted by Gasteiger charge is -2.38. The van der Waals surface area contributed by atoms with Crippen molar-refractivity contribution < 1.29 is 18.8 Å². The van der Waals surface area contributed by atoms with Gasteiger partial charge < -0.3 is 20.2 Å². The smallest absolute Gasteiger partial charge is 0.281 e. The van der Waals surface area contributed by atoms with Crippen molar-refractivity contribution in [2.45, 2.75) is 52.1 Å². The Bertz CT molecular complexity index is 1430. The van der Waals surface area contributed by atoms with Crippen LogP contribution in [0.2, 0.25) is 0 Å². The van der Waals surface area contributed by atoms with Crippen molar-refractivity contribution in [1.82, 2.24) is 35.1 Å². The molecule has 0 spiro atoms. The molecule has 3 fully saturated rings. The number of hydrogen-bond acceptors (Lipinski definition) is 7. The first kappa shape index (κ1) is 27.3. The van der Waals surface area contributed by atoms with Crippen LogP contribution >= 0.6 is 0 Å². The van der Waals surface area contributed by atoms with Crippen molar-refractivity contribution in [1.29, 1.82) is 0 Å². The molecule has 11 nitrogen and oxygen atoms in total. The molecule has 0 unspecified atom stereocenters. The van der Waals surface area contributed by atoms with Crippen molar-refractivity contribution in [2.24, 2.45) is 23.7 Å². The summed E-state index contributed by atoms with van der Waals surface area (Å²) in [5.74, 6) is -0.310. The molecule has 0 aromatic carbocycles. The average molecular weight is 560 g/mol. The van der Waals surface area contributed by atoms with E-state index in [-0.39, 0.29) is 17.6 Å². The second-order valence-electron chi connectivity index (χ2n) is 11.7. The summed E-state index contributed by atoms with van der Waals surface area (Å²) in [4.78, 5) is 44.1. The monoisotopic (exact) mass is 560 g/mol. The lowest BCUT2D eigenvalue weighted by Crippen LogP contribution is -2.52. The van der Waals surface area contributed by atoms with Crippen LogP contribution in [0.1, 0.15) is 47.6 Å². The van der Waals surface area contributed by atoms with Crippen LogP contribution in [0.4, 0.5) is 10.2 Å². The summed E-state index contributed by atoms with van der Waals surface area (Å²) < 4.78 is 16.8. The van der Waals surface area contributed by atoms with E-state index >= 15 is 4.39 Å². The van der Waals surface area contributed by atoms with E-state index < -0.39 is 17.9 Å². The average Bonchev–Trinajstić information content (AvgIpc) is 3.85. The number of nitrogens with one attached hydrogen (secondary N) is 3. The summed E-state index contributed by atoms with van der Waals surface area (Å²) in [7, 11) is 0.410. The topological polar surface area (TPSA) is 138 Å². The van der Waals surface area contributed by atoms with Crippen molar-refractivity contribution in [3.05, 3.63) is 47.4 Å². The molecule has 6 rings (SSSR count). The molecule has 13 heteroatoms. The van der Waals surface area contributed by atoms with Crippen molar-refractivity contribution >= 4 is 31.2 Å². The number of nitrogens with zero attached hydrogens (tertiary/aromatic N) is 5. The van der Waals surface area contributed by atoms with Gasteiger partial charge in [-0.25, -0.2) is 4.98 Å². The minimum atomic E-state index is -0.777. The fraction of sp³-hybridized carbons (Fsp3) is 0.500. The molecule has 1 atom stereocenters. The Hall–Kier alpha value is -3.87. The number of aryl methyl sites for hydroxylation is 2. The van der Waals surface area contributed by atoms with Crippen LogP contribution in [0.25, 0.3) is 11.1 Å². The second kappa shape index (κ2) is 11.2. The van der Waals surface area contributed by atoms with Crippen LogP contribution in [0.15, 0.2) is 24.4 Å². The third-order valence-corrected chi connectivity index (χ3v) is 8.53. The summed E-state index contributed by atoms with van der Waals surface area (Å²) in [6.45, 7) is 5.71. The van der Waals surface area contributed by atoms with E-state index in [2.05, 4.69) is 30.9 Å². The lowest BCUT2D eigenvalue weighted by molar-refractivity contribution is -0.119. The Balaban J connectivity index is 1.18. The number of hydrogen-bond donors (Lipinski definition) is 3. The molecule has 1 saturated heterocycles. The van der Waals surface area contributed by atoms with Gasteiger partial charge >= 0.3 is 0 Å². The third kappa shape index (κ3) is 5.81. The van der Waals surface area contributed by atoms with E-state index in [0.717, 1.165) is 50.7 Å². The molecule has 3 aromatic heterocycles. The van der Waals surface area contributed by atoms with E-state index in [9.17, 15) is 14.4 Å². The number of anilines is 1. The largest absolute Gasteiger partial charge is 0.339 e. The molecular weight excluding hydrogens is 526 g/mol. The Morgan fingerprint density at radius 3 is 2.51 bits per heavy atom. The number of carbonyl (C=O) groups is 3. The summed E-state index contributed by atoms with van der Waals surface area (Å²) in [6, 6.07) is 4.04. The van der Waals surface area contributed by atoms with Crippen molar-refractivity contribution in [3.63, 3.8) is 0 Å². The summed E-state index contributed by atoms with van der Waals surface area (Å²) in [6.07, 6.45) is 6.60. The van der Waals surface area contributed by atoms with Crippen LogP contribution in [0.3, 0.4) is 0 Å². The zero-order valence-electron chi connectivity index (χ0n) is 23.3. The Morgan fingerprint density at radius 2 is 1.90 bits per heavy atom. The molecule has 3 N–H and O–H groups in total. The van der Waals surface area contributed by atoms with Crippen molar-refractivity contribution in [3.8, 4) is 11.1 Å². The Labute approximate surface area is 237 Å². The molecular formula is C28H34BFN8O3. The number of H-pyrrole nitrogens is 1. The van der Waals surface area contributed by atoms with Gasteiger partial charge in [-0.1, -0.05) is 0 Å². The minimum Gasteiger partial charge on any atom is -0.339 e. The van der Waals surface area contributed by atoms with Crippen LogP contribution in [0.5, 0.6) is 0 Å². The molecule has 2 amide bonds. The van der Waals surface area contributed by atoms with Gasteiger partial charge in [0.25, 0.3) is 13.3 Å². The van der Waals surface area contributed by atoms with Crippen LogP contribution < -0.4 is 10.6 Å². The quantitative estimate of drug-likeness (QED) is 0.175. The van der Waals surface area contributed by atoms with E-state index in [1.807, 2.05) is 11.7 Å². The Morgan fingerprint density at radius 1 is 1.17 bits per heavy atom. The Kier molecular flexibility index (Phi) is 7.45. The van der Waals surface area contributed by atoms with Gasteiger partial charge in [0, 0.05) is 35.5 Å². The number of aromatic amines is 1. The van der Waals surface area contributed by atoms with Gasteiger partial charge in [-0.2, -0.15) is 14.6 Å². The van der Waals surface area contributed by atoms with Gasteiger partial charge in [0.15, 0.2) is 0 Å². The first-order chi connectivity index (χ1) is 19.8. The highest BCUT2D eigenvalue weighted by molar-refractivity contribution is 6.64. The SMILES string of the molecule is Cc1n[nH]c(C)c1-c1ccc(NC(=O)[C@@H](NC(=O)c2ccnn2CC2CN(BC=O)C2)C(C2CC2)C2CC2)nc1F. The van der Waals surface area contributed by atoms with E-state index in [0.29, 0.717) is 54.2 Å². The maximum absolute atomic E-state index is 15.1. The highest BCUT2D eigenvalue weighted by atomic mass is 19.1. The number of amides is 2. The summed E-state index contributed by atoms with van der Waals surface area (Å²) in [5.41, 5.74) is 2.74. The molecule has 0 bridgehead atoms. The highest BCUT2D eigenvalue weighted by Gasteiger charge is 2.48. The molecule has 1 aliphatic heterocycles. The molecule has 214 valence electrons. The van der Waals surface area contributed by atoms with Crippen LogP contribution in [-0.4, -0.2) is 74.3 Å². The predicted octanol–water partition coefficient (Wildman–Crippen LogP) is 2.07. The lowest BCUT2D eigenvalue weighted by atomic mass is 9.84. The zero-order valence-corrected chi connectivity index (χ0v) is 23.3. The first-order valence-electron chi connectivity index (χ1n) is 14.3. The maximum Gasteiger partial charge on any atom is 0.281 e. The molecule has 3 aromatic rings.